The van der Waals surface area contributed by atoms with Crippen molar-refractivity contribution in [2.45, 2.75) is 44.4 Å². The molecule has 2 aromatic heterocycles. The highest BCUT2D eigenvalue weighted by atomic mass is 16.3. The molecule has 0 aromatic carbocycles. The number of aromatic nitrogens is 4. The number of aliphatic hydroxyl groups excluding tert-OH is 1. The van der Waals surface area contributed by atoms with Gasteiger partial charge in [0.2, 0.25) is 0 Å². The first-order valence-electron chi connectivity index (χ1n) is 6.95. The maximum absolute atomic E-state index is 11.9. The van der Waals surface area contributed by atoms with Crippen molar-refractivity contribution in [3.63, 3.8) is 0 Å². The van der Waals surface area contributed by atoms with Crippen molar-refractivity contribution in [1.82, 2.24) is 24.5 Å². The molecule has 0 radical (unpaired) electrons. The first-order valence-corrected chi connectivity index (χ1v) is 6.95. The van der Waals surface area contributed by atoms with Gasteiger partial charge in [-0.2, -0.15) is 4.52 Å². The number of rotatable bonds is 3. The molecule has 20 heavy (non-hydrogen) atoms. The van der Waals surface area contributed by atoms with Crippen LogP contribution in [0.1, 0.15) is 31.4 Å². The van der Waals surface area contributed by atoms with Crippen molar-refractivity contribution in [3.8, 4) is 0 Å². The molecule has 2 N–H and O–H groups in total. The van der Waals surface area contributed by atoms with Gasteiger partial charge in [-0.15, -0.1) is 0 Å². The van der Waals surface area contributed by atoms with Crippen molar-refractivity contribution in [3.05, 3.63) is 28.4 Å². The van der Waals surface area contributed by atoms with Crippen LogP contribution in [-0.4, -0.2) is 48.8 Å². The third kappa shape index (κ3) is 2.46. The molecule has 108 valence electrons. The molecule has 1 aliphatic carbocycles. The van der Waals surface area contributed by atoms with Gasteiger partial charge in [0.1, 0.15) is 6.33 Å². The summed E-state index contributed by atoms with van der Waals surface area (Å²) in [6.45, 7) is 0.542. The van der Waals surface area contributed by atoms with E-state index in [2.05, 4.69) is 20.0 Å². The molecule has 3 rings (SSSR count). The van der Waals surface area contributed by atoms with Gasteiger partial charge >= 0.3 is 0 Å². The summed E-state index contributed by atoms with van der Waals surface area (Å²) in [4.78, 5) is 22.3. The standard InChI is InChI=1S/C13H19N5O2/c1-17(10-4-2-3-5-11(10)19)7-9-6-12(20)18-13(16-9)14-8-15-18/h6,8,10-11,19H,2-5,7H2,1H3,(H,14,15,16). The second kappa shape index (κ2) is 5.34. The minimum Gasteiger partial charge on any atom is -0.391 e. The van der Waals surface area contributed by atoms with Gasteiger partial charge in [0.15, 0.2) is 0 Å². The van der Waals surface area contributed by atoms with Crippen molar-refractivity contribution < 1.29 is 5.11 Å². The third-order valence-corrected chi connectivity index (χ3v) is 3.99. The lowest BCUT2D eigenvalue weighted by Crippen LogP contribution is -2.43. The van der Waals surface area contributed by atoms with E-state index in [0.717, 1.165) is 25.7 Å². The minimum absolute atomic E-state index is 0.142. The van der Waals surface area contributed by atoms with Crippen molar-refractivity contribution in [2.75, 3.05) is 7.05 Å². The summed E-state index contributed by atoms with van der Waals surface area (Å²) in [7, 11) is 1.97. The summed E-state index contributed by atoms with van der Waals surface area (Å²) in [6, 6.07) is 1.65. The molecule has 7 heteroatoms. The molecule has 7 nitrogen and oxygen atoms in total. The maximum atomic E-state index is 11.9. The summed E-state index contributed by atoms with van der Waals surface area (Å²) in [6.07, 6.45) is 5.22. The minimum atomic E-state index is -0.288. The Labute approximate surface area is 116 Å². The SMILES string of the molecule is CN(Cc1cc(=O)n2[nH]cnc2n1)C1CCCCC1O. The Kier molecular flexibility index (Phi) is 3.54. The van der Waals surface area contributed by atoms with Crippen LogP contribution in [0.25, 0.3) is 5.78 Å². The Balaban J connectivity index is 1.79. The highest BCUT2D eigenvalue weighted by Crippen LogP contribution is 2.23. The first kappa shape index (κ1) is 13.3. The molecule has 0 saturated heterocycles. The van der Waals surface area contributed by atoms with E-state index in [4.69, 9.17) is 0 Å². The summed E-state index contributed by atoms with van der Waals surface area (Å²) in [5, 5.41) is 12.8. The molecule has 2 heterocycles. The highest BCUT2D eigenvalue weighted by molar-refractivity contribution is 5.25. The Morgan fingerprint density at radius 2 is 2.30 bits per heavy atom. The van der Waals surface area contributed by atoms with Crippen LogP contribution in [0.15, 0.2) is 17.2 Å². The summed E-state index contributed by atoms with van der Waals surface area (Å²) in [5.74, 6) is 0.380. The quantitative estimate of drug-likeness (QED) is 0.834. The number of hydrogen-bond acceptors (Lipinski definition) is 5. The lowest BCUT2D eigenvalue weighted by Gasteiger charge is -2.34. The first-order chi connectivity index (χ1) is 9.65. The fourth-order valence-electron chi connectivity index (χ4n) is 2.93. The predicted octanol–water partition coefficient (Wildman–Crippen LogP) is 0.153. The molecule has 2 unspecified atom stereocenters. The molecule has 1 saturated carbocycles. The second-order valence-corrected chi connectivity index (χ2v) is 5.44. The van der Waals surface area contributed by atoms with E-state index in [1.807, 2.05) is 7.05 Å². The third-order valence-electron chi connectivity index (χ3n) is 3.99. The van der Waals surface area contributed by atoms with E-state index in [1.54, 1.807) is 0 Å². The average molecular weight is 277 g/mol. The van der Waals surface area contributed by atoms with Gasteiger partial charge in [-0.1, -0.05) is 12.8 Å². The number of aromatic amines is 1. The molecule has 0 amide bonds. The van der Waals surface area contributed by atoms with Crippen molar-refractivity contribution in [2.24, 2.45) is 0 Å². The number of nitrogens with one attached hydrogen (secondary N) is 1. The van der Waals surface area contributed by atoms with Crippen LogP contribution in [0.3, 0.4) is 0 Å². The van der Waals surface area contributed by atoms with Crippen molar-refractivity contribution in [1.29, 1.82) is 0 Å². The summed E-state index contributed by atoms with van der Waals surface area (Å²) < 4.78 is 1.30. The highest BCUT2D eigenvalue weighted by Gasteiger charge is 2.26. The van der Waals surface area contributed by atoms with E-state index in [9.17, 15) is 9.90 Å². The molecule has 1 aliphatic rings. The number of likely N-dealkylation sites (N-methyl/N-ethyl adjacent to an activating group) is 1. The predicted molar refractivity (Wildman–Crippen MR) is 73.3 cm³/mol. The smallest absolute Gasteiger partial charge is 0.274 e. The Bertz CT molecular complexity index is 649. The lowest BCUT2D eigenvalue weighted by molar-refractivity contribution is 0.0283. The molecule has 2 atom stereocenters. The van der Waals surface area contributed by atoms with Crippen LogP contribution in [-0.2, 0) is 6.54 Å². The molecule has 0 bridgehead atoms. The summed E-state index contributed by atoms with van der Waals surface area (Å²) >= 11 is 0. The van der Waals surface area contributed by atoms with E-state index in [1.165, 1.54) is 16.9 Å². The average Bonchev–Trinajstić information content (AvgIpc) is 2.88. The van der Waals surface area contributed by atoms with Gasteiger partial charge in [0, 0.05) is 18.7 Å². The Morgan fingerprint density at radius 3 is 3.10 bits per heavy atom. The Morgan fingerprint density at radius 1 is 1.50 bits per heavy atom. The molecular weight excluding hydrogens is 258 g/mol. The second-order valence-electron chi connectivity index (χ2n) is 5.44. The normalized spacial score (nSPS) is 23.6. The zero-order chi connectivity index (χ0) is 14.1. The number of H-pyrrole nitrogens is 1. The zero-order valence-corrected chi connectivity index (χ0v) is 11.5. The largest absolute Gasteiger partial charge is 0.391 e. The lowest BCUT2D eigenvalue weighted by atomic mass is 9.91. The number of aliphatic hydroxyl groups is 1. The van der Waals surface area contributed by atoms with E-state index >= 15 is 0 Å². The van der Waals surface area contributed by atoms with Crippen LogP contribution in [0.2, 0.25) is 0 Å². The Hall–Kier alpha value is -1.73. The van der Waals surface area contributed by atoms with Gasteiger partial charge in [0.05, 0.1) is 11.8 Å². The monoisotopic (exact) mass is 277 g/mol. The summed E-state index contributed by atoms with van der Waals surface area (Å²) in [5.41, 5.74) is 0.516. The van der Waals surface area contributed by atoms with Gasteiger partial charge in [-0.3, -0.25) is 14.8 Å². The van der Waals surface area contributed by atoms with E-state index in [-0.39, 0.29) is 17.7 Å². The van der Waals surface area contributed by atoms with Crippen LogP contribution < -0.4 is 5.56 Å². The van der Waals surface area contributed by atoms with Gasteiger partial charge in [0.25, 0.3) is 11.3 Å². The number of nitrogens with zero attached hydrogens (tertiary/aromatic N) is 4. The molecular formula is C13H19N5O2. The van der Waals surface area contributed by atoms with Crippen LogP contribution in [0.4, 0.5) is 0 Å². The number of hydrogen-bond donors (Lipinski definition) is 2. The van der Waals surface area contributed by atoms with Crippen LogP contribution in [0, 0.1) is 0 Å². The fourth-order valence-corrected chi connectivity index (χ4v) is 2.93. The molecule has 0 spiro atoms. The molecule has 2 aromatic rings. The van der Waals surface area contributed by atoms with Crippen LogP contribution in [0.5, 0.6) is 0 Å². The van der Waals surface area contributed by atoms with E-state index < -0.39 is 0 Å². The van der Waals surface area contributed by atoms with Gasteiger partial charge < -0.3 is 5.11 Å². The zero-order valence-electron chi connectivity index (χ0n) is 11.5. The topological polar surface area (TPSA) is 86.5 Å². The fraction of sp³-hybridized carbons (Fsp3) is 0.615. The van der Waals surface area contributed by atoms with Crippen LogP contribution >= 0.6 is 0 Å². The van der Waals surface area contributed by atoms with E-state index in [0.29, 0.717) is 18.0 Å². The molecule has 1 fully saturated rings. The van der Waals surface area contributed by atoms with Gasteiger partial charge in [-0.25, -0.2) is 9.97 Å². The maximum Gasteiger partial charge on any atom is 0.274 e. The van der Waals surface area contributed by atoms with Gasteiger partial charge in [-0.05, 0) is 19.9 Å². The molecule has 0 aliphatic heterocycles. The van der Waals surface area contributed by atoms with Crippen molar-refractivity contribution >= 4 is 5.78 Å². The number of fused-ring (bicyclic) bond motifs is 1.